The number of ketones is 2. The first kappa shape index (κ1) is 27.0. The molecule has 8 nitrogen and oxygen atoms in total. The molecule has 34 heavy (non-hydrogen) atoms. The standard InChI is InChI=1S/C25H32FN3O5/c1-6-17(22(31)20(19(30)13-26)21(27)24(33)34-25(3,4)5)18-11-12-28-29(23(18)32)14-16-10-8-7-9-15(16)2/h7-12,17,20-21H,6,13-14,27H2,1-5H3. The molecule has 0 aliphatic heterocycles. The highest BCUT2D eigenvalue weighted by molar-refractivity contribution is 6.09. The van der Waals surface area contributed by atoms with Gasteiger partial charge in [-0.2, -0.15) is 5.10 Å². The van der Waals surface area contributed by atoms with Crippen LogP contribution >= 0.6 is 0 Å². The van der Waals surface area contributed by atoms with E-state index in [9.17, 15) is 23.6 Å². The molecule has 9 heteroatoms. The summed E-state index contributed by atoms with van der Waals surface area (Å²) in [5, 5.41) is 4.12. The SMILES string of the molecule is CCC(C(=O)C(C(=O)CF)C(N)C(=O)OC(C)(C)C)c1ccnn(Cc2ccccc2C)c1=O. The summed E-state index contributed by atoms with van der Waals surface area (Å²) in [5.41, 5.74) is 6.45. The zero-order valence-corrected chi connectivity index (χ0v) is 20.2. The Balaban J connectivity index is 2.44. The van der Waals surface area contributed by atoms with Gasteiger partial charge in [0.15, 0.2) is 11.6 Å². The Bertz CT molecular complexity index is 1110. The van der Waals surface area contributed by atoms with Gasteiger partial charge in [0.1, 0.15) is 24.2 Å². The molecule has 1 heterocycles. The lowest BCUT2D eigenvalue weighted by Crippen LogP contribution is -2.50. The van der Waals surface area contributed by atoms with Crippen LogP contribution in [0.5, 0.6) is 0 Å². The maximum Gasteiger partial charge on any atom is 0.324 e. The number of alkyl halides is 1. The van der Waals surface area contributed by atoms with Gasteiger partial charge in [-0.15, -0.1) is 0 Å². The average molecular weight is 474 g/mol. The topological polar surface area (TPSA) is 121 Å². The first-order chi connectivity index (χ1) is 15.9. The highest BCUT2D eigenvalue weighted by Crippen LogP contribution is 2.25. The summed E-state index contributed by atoms with van der Waals surface area (Å²) in [6.07, 6.45) is 1.53. The number of ether oxygens (including phenoxy) is 1. The fourth-order valence-corrected chi connectivity index (χ4v) is 3.71. The minimum absolute atomic E-state index is 0.101. The lowest BCUT2D eigenvalue weighted by Gasteiger charge is -2.27. The van der Waals surface area contributed by atoms with E-state index in [1.807, 2.05) is 31.2 Å². The fourth-order valence-electron chi connectivity index (χ4n) is 3.71. The Hall–Kier alpha value is -3.20. The zero-order chi connectivity index (χ0) is 25.6. The molecule has 3 atom stereocenters. The molecule has 0 aliphatic rings. The van der Waals surface area contributed by atoms with Crippen LogP contribution in [0.2, 0.25) is 0 Å². The number of benzene rings is 1. The van der Waals surface area contributed by atoms with Gasteiger partial charge in [0.2, 0.25) is 0 Å². The van der Waals surface area contributed by atoms with Crippen molar-refractivity contribution in [3.05, 3.63) is 63.6 Å². The van der Waals surface area contributed by atoms with Gasteiger partial charge in [-0.3, -0.25) is 19.2 Å². The van der Waals surface area contributed by atoms with E-state index in [2.05, 4.69) is 5.10 Å². The van der Waals surface area contributed by atoms with Crippen LogP contribution in [0.25, 0.3) is 0 Å². The summed E-state index contributed by atoms with van der Waals surface area (Å²) in [4.78, 5) is 51.5. The molecule has 2 N–H and O–H groups in total. The van der Waals surface area contributed by atoms with Gasteiger partial charge in [-0.05, 0) is 51.3 Å². The number of hydrogen-bond acceptors (Lipinski definition) is 7. The van der Waals surface area contributed by atoms with E-state index >= 15 is 0 Å². The molecule has 2 rings (SSSR count). The van der Waals surface area contributed by atoms with Crippen molar-refractivity contribution in [2.45, 2.75) is 65.1 Å². The number of rotatable bonds is 10. The van der Waals surface area contributed by atoms with Gasteiger partial charge in [0, 0.05) is 17.7 Å². The summed E-state index contributed by atoms with van der Waals surface area (Å²) >= 11 is 0. The molecule has 0 saturated heterocycles. The number of halogens is 1. The number of Topliss-reactive ketones (excluding diaryl/α,β-unsaturated/α-hetero) is 2. The van der Waals surface area contributed by atoms with E-state index in [0.717, 1.165) is 11.1 Å². The molecule has 1 aromatic carbocycles. The van der Waals surface area contributed by atoms with Crippen LogP contribution in [-0.4, -0.2) is 45.6 Å². The lowest BCUT2D eigenvalue weighted by atomic mass is 9.81. The van der Waals surface area contributed by atoms with Crippen LogP contribution < -0.4 is 11.3 Å². The third-order valence-corrected chi connectivity index (χ3v) is 5.47. The van der Waals surface area contributed by atoms with Gasteiger partial charge in [0.05, 0.1) is 6.54 Å². The number of aromatic nitrogens is 2. The quantitative estimate of drug-likeness (QED) is 0.416. The Morgan fingerprint density at radius 2 is 1.82 bits per heavy atom. The molecule has 0 aliphatic carbocycles. The molecular weight excluding hydrogens is 441 g/mol. The molecule has 184 valence electrons. The molecule has 0 saturated carbocycles. The zero-order valence-electron chi connectivity index (χ0n) is 20.2. The fraction of sp³-hybridized carbons (Fsp3) is 0.480. The predicted octanol–water partition coefficient (Wildman–Crippen LogP) is 2.49. The highest BCUT2D eigenvalue weighted by Gasteiger charge is 2.42. The summed E-state index contributed by atoms with van der Waals surface area (Å²) in [7, 11) is 0. The van der Waals surface area contributed by atoms with Crippen molar-refractivity contribution in [1.29, 1.82) is 0 Å². The van der Waals surface area contributed by atoms with Crippen molar-refractivity contribution in [3.8, 4) is 0 Å². The second-order valence-corrected chi connectivity index (χ2v) is 9.18. The molecule has 3 unspecified atom stereocenters. The number of nitrogens with two attached hydrogens (primary N) is 1. The molecule has 2 aromatic rings. The Morgan fingerprint density at radius 1 is 1.18 bits per heavy atom. The van der Waals surface area contributed by atoms with Gasteiger partial charge >= 0.3 is 5.97 Å². The summed E-state index contributed by atoms with van der Waals surface area (Å²) in [5.74, 6) is -5.77. The van der Waals surface area contributed by atoms with E-state index < -0.39 is 53.2 Å². The van der Waals surface area contributed by atoms with Gasteiger partial charge in [-0.25, -0.2) is 9.07 Å². The first-order valence-corrected chi connectivity index (χ1v) is 11.1. The van der Waals surface area contributed by atoms with Crippen LogP contribution in [0.4, 0.5) is 4.39 Å². The van der Waals surface area contributed by atoms with Crippen molar-refractivity contribution in [3.63, 3.8) is 0 Å². The van der Waals surface area contributed by atoms with Crippen LogP contribution in [0, 0.1) is 12.8 Å². The summed E-state index contributed by atoms with van der Waals surface area (Å²) in [6.45, 7) is 7.10. The monoisotopic (exact) mass is 473 g/mol. The minimum Gasteiger partial charge on any atom is -0.459 e. The van der Waals surface area contributed by atoms with Crippen LogP contribution in [0.1, 0.15) is 56.7 Å². The third kappa shape index (κ3) is 6.44. The molecule has 1 aromatic heterocycles. The van der Waals surface area contributed by atoms with E-state index in [1.165, 1.54) is 16.9 Å². The Morgan fingerprint density at radius 3 is 2.38 bits per heavy atom. The van der Waals surface area contributed by atoms with E-state index in [0.29, 0.717) is 0 Å². The minimum atomic E-state index is -1.78. The van der Waals surface area contributed by atoms with Crippen molar-refractivity contribution in [2.75, 3.05) is 6.67 Å². The van der Waals surface area contributed by atoms with E-state index in [4.69, 9.17) is 10.5 Å². The second kappa shape index (κ2) is 11.3. The molecule has 0 spiro atoms. The lowest BCUT2D eigenvalue weighted by molar-refractivity contribution is -0.161. The third-order valence-electron chi connectivity index (χ3n) is 5.47. The molecule has 0 radical (unpaired) electrons. The van der Waals surface area contributed by atoms with Gasteiger partial charge in [-0.1, -0.05) is 31.2 Å². The predicted molar refractivity (Wildman–Crippen MR) is 125 cm³/mol. The molecule has 0 amide bonds. The smallest absolute Gasteiger partial charge is 0.324 e. The van der Waals surface area contributed by atoms with Crippen LogP contribution in [0.3, 0.4) is 0 Å². The van der Waals surface area contributed by atoms with E-state index in [1.54, 1.807) is 27.7 Å². The van der Waals surface area contributed by atoms with Gasteiger partial charge < -0.3 is 10.5 Å². The van der Waals surface area contributed by atoms with Crippen molar-refractivity contribution in [1.82, 2.24) is 9.78 Å². The molecule has 0 fully saturated rings. The average Bonchev–Trinajstić information content (AvgIpc) is 2.76. The second-order valence-electron chi connectivity index (χ2n) is 9.18. The van der Waals surface area contributed by atoms with Gasteiger partial charge in [0.25, 0.3) is 5.56 Å². The Kier molecular flexibility index (Phi) is 8.98. The number of aryl methyl sites for hydroxylation is 1. The summed E-state index contributed by atoms with van der Waals surface area (Å²) in [6, 6.07) is 7.22. The molecular formula is C25H32FN3O5. The highest BCUT2D eigenvalue weighted by atomic mass is 19.1. The normalized spacial score (nSPS) is 14.2. The molecule has 0 bridgehead atoms. The maximum absolute atomic E-state index is 13.4. The number of carbonyl (C=O) groups excluding carboxylic acids is 3. The summed E-state index contributed by atoms with van der Waals surface area (Å²) < 4.78 is 19.8. The van der Waals surface area contributed by atoms with Crippen LogP contribution in [-0.2, 0) is 25.7 Å². The van der Waals surface area contributed by atoms with Crippen molar-refractivity contribution in [2.24, 2.45) is 11.7 Å². The number of hydrogen-bond donors (Lipinski definition) is 1. The largest absolute Gasteiger partial charge is 0.459 e. The van der Waals surface area contributed by atoms with Crippen molar-refractivity contribution < 1.29 is 23.5 Å². The maximum atomic E-state index is 13.4. The van der Waals surface area contributed by atoms with E-state index in [-0.39, 0.29) is 18.5 Å². The number of carbonyl (C=O) groups is 3. The van der Waals surface area contributed by atoms with Crippen molar-refractivity contribution >= 4 is 17.5 Å². The first-order valence-electron chi connectivity index (χ1n) is 11.1. The number of esters is 1. The van der Waals surface area contributed by atoms with Crippen LogP contribution in [0.15, 0.2) is 41.3 Å². The number of nitrogens with zero attached hydrogens (tertiary/aromatic N) is 2. The Labute approximate surface area is 198 Å².